The Hall–Kier alpha value is -1.69. The van der Waals surface area contributed by atoms with Crippen molar-refractivity contribution in [3.63, 3.8) is 0 Å². The average Bonchev–Trinajstić information content (AvgIpc) is 2.90. The van der Waals surface area contributed by atoms with Crippen LogP contribution in [0.15, 0.2) is 17.5 Å². The summed E-state index contributed by atoms with van der Waals surface area (Å²) in [5, 5.41) is 2.07. The lowest BCUT2D eigenvalue weighted by Crippen LogP contribution is -2.24. The molecule has 0 aliphatic heterocycles. The molecule has 0 aromatic carbocycles. The van der Waals surface area contributed by atoms with Gasteiger partial charge < -0.3 is 10.6 Å². The van der Waals surface area contributed by atoms with E-state index in [4.69, 9.17) is 5.73 Å². The standard InChI is InChI=1S/C12H17N5S/c1-4-10-14-11(13)16-12(15-10)17(3)8(2)9-6-5-7-18-9/h5-8H,4H2,1-3H3,(H2,13,14,15,16). The molecule has 0 spiro atoms. The van der Waals surface area contributed by atoms with Gasteiger partial charge in [-0.05, 0) is 18.4 Å². The van der Waals surface area contributed by atoms with Gasteiger partial charge in [0.2, 0.25) is 11.9 Å². The van der Waals surface area contributed by atoms with E-state index < -0.39 is 0 Å². The molecule has 6 heteroatoms. The van der Waals surface area contributed by atoms with Crippen LogP contribution in [0.25, 0.3) is 0 Å². The summed E-state index contributed by atoms with van der Waals surface area (Å²) < 4.78 is 0. The first-order chi connectivity index (χ1) is 8.61. The Labute approximate surface area is 111 Å². The fraction of sp³-hybridized carbons (Fsp3) is 0.417. The largest absolute Gasteiger partial charge is 0.368 e. The van der Waals surface area contributed by atoms with Crippen LogP contribution in [-0.4, -0.2) is 22.0 Å². The number of nitrogen functional groups attached to an aromatic ring is 1. The molecule has 0 radical (unpaired) electrons. The summed E-state index contributed by atoms with van der Waals surface area (Å²) in [7, 11) is 1.97. The summed E-state index contributed by atoms with van der Waals surface area (Å²) in [6.45, 7) is 4.12. The minimum Gasteiger partial charge on any atom is -0.368 e. The highest BCUT2D eigenvalue weighted by Gasteiger charge is 2.16. The zero-order valence-corrected chi connectivity index (χ0v) is 11.6. The normalized spacial score (nSPS) is 12.4. The molecule has 0 fully saturated rings. The molecule has 18 heavy (non-hydrogen) atoms. The maximum absolute atomic E-state index is 5.71. The van der Waals surface area contributed by atoms with E-state index in [1.807, 2.05) is 24.9 Å². The van der Waals surface area contributed by atoms with Gasteiger partial charge in [-0.25, -0.2) is 0 Å². The predicted molar refractivity (Wildman–Crippen MR) is 74.8 cm³/mol. The van der Waals surface area contributed by atoms with Crippen molar-refractivity contribution in [1.29, 1.82) is 0 Å². The van der Waals surface area contributed by atoms with Crippen LogP contribution in [0.1, 0.15) is 30.6 Å². The van der Waals surface area contributed by atoms with E-state index in [-0.39, 0.29) is 12.0 Å². The first-order valence-electron chi connectivity index (χ1n) is 5.88. The maximum atomic E-state index is 5.71. The van der Waals surface area contributed by atoms with Crippen LogP contribution in [0, 0.1) is 0 Å². The van der Waals surface area contributed by atoms with Crippen molar-refractivity contribution in [3.8, 4) is 0 Å². The number of anilines is 2. The van der Waals surface area contributed by atoms with E-state index in [9.17, 15) is 0 Å². The molecular weight excluding hydrogens is 246 g/mol. The first-order valence-corrected chi connectivity index (χ1v) is 6.76. The first kappa shape index (κ1) is 12.8. The Balaban J connectivity index is 2.28. The van der Waals surface area contributed by atoms with Gasteiger partial charge in [0.05, 0.1) is 6.04 Å². The number of thiophene rings is 1. The fourth-order valence-corrected chi connectivity index (χ4v) is 2.46. The third-order valence-electron chi connectivity index (χ3n) is 2.85. The molecule has 0 saturated heterocycles. The summed E-state index contributed by atoms with van der Waals surface area (Å²) in [5.74, 6) is 1.63. The van der Waals surface area contributed by atoms with Gasteiger partial charge in [0, 0.05) is 18.3 Å². The van der Waals surface area contributed by atoms with Crippen LogP contribution in [-0.2, 0) is 6.42 Å². The van der Waals surface area contributed by atoms with E-state index in [2.05, 4.69) is 33.3 Å². The van der Waals surface area contributed by atoms with Crippen molar-refractivity contribution in [3.05, 3.63) is 28.2 Å². The van der Waals surface area contributed by atoms with Crippen molar-refractivity contribution in [2.75, 3.05) is 17.7 Å². The third-order valence-corrected chi connectivity index (χ3v) is 3.90. The van der Waals surface area contributed by atoms with Crippen molar-refractivity contribution in [2.45, 2.75) is 26.3 Å². The Morgan fingerprint density at radius 2 is 2.17 bits per heavy atom. The van der Waals surface area contributed by atoms with E-state index in [0.717, 1.165) is 12.2 Å². The number of aromatic nitrogens is 3. The second-order valence-corrected chi connectivity index (χ2v) is 5.04. The second-order valence-electron chi connectivity index (χ2n) is 4.07. The number of nitrogens with zero attached hydrogens (tertiary/aromatic N) is 4. The number of hydrogen-bond acceptors (Lipinski definition) is 6. The van der Waals surface area contributed by atoms with Crippen LogP contribution in [0.2, 0.25) is 0 Å². The zero-order chi connectivity index (χ0) is 13.1. The van der Waals surface area contributed by atoms with Crippen LogP contribution < -0.4 is 10.6 Å². The Morgan fingerprint density at radius 3 is 2.78 bits per heavy atom. The number of rotatable bonds is 4. The molecule has 1 unspecified atom stereocenters. The van der Waals surface area contributed by atoms with Gasteiger partial charge in [-0.3, -0.25) is 0 Å². The minimum atomic E-state index is 0.219. The van der Waals surface area contributed by atoms with Crippen LogP contribution in [0.5, 0.6) is 0 Å². The lowest BCUT2D eigenvalue weighted by Gasteiger charge is -2.24. The highest BCUT2D eigenvalue weighted by atomic mass is 32.1. The summed E-state index contributed by atoms with van der Waals surface area (Å²) in [4.78, 5) is 16.0. The van der Waals surface area contributed by atoms with Crippen molar-refractivity contribution in [1.82, 2.24) is 15.0 Å². The van der Waals surface area contributed by atoms with Gasteiger partial charge in [0.25, 0.3) is 0 Å². The monoisotopic (exact) mass is 263 g/mol. The number of nitrogens with two attached hydrogens (primary N) is 1. The number of hydrogen-bond donors (Lipinski definition) is 1. The highest BCUT2D eigenvalue weighted by molar-refractivity contribution is 7.10. The molecule has 0 bridgehead atoms. The van der Waals surface area contributed by atoms with Gasteiger partial charge in [-0.15, -0.1) is 11.3 Å². The van der Waals surface area contributed by atoms with Crippen molar-refractivity contribution >= 4 is 23.2 Å². The molecule has 2 aromatic heterocycles. The average molecular weight is 263 g/mol. The molecule has 0 saturated carbocycles. The Bertz CT molecular complexity index is 511. The zero-order valence-electron chi connectivity index (χ0n) is 10.8. The van der Waals surface area contributed by atoms with Crippen LogP contribution in [0.3, 0.4) is 0 Å². The molecule has 2 rings (SSSR count). The summed E-state index contributed by atoms with van der Waals surface area (Å²) in [5.41, 5.74) is 5.71. The molecule has 0 aliphatic rings. The topological polar surface area (TPSA) is 67.9 Å². The predicted octanol–water partition coefficient (Wildman–Crippen LogP) is 2.28. The van der Waals surface area contributed by atoms with Gasteiger partial charge in [-0.1, -0.05) is 13.0 Å². The molecule has 0 amide bonds. The van der Waals surface area contributed by atoms with Crippen molar-refractivity contribution in [2.24, 2.45) is 0 Å². The van der Waals surface area contributed by atoms with Gasteiger partial charge in [-0.2, -0.15) is 15.0 Å². The molecule has 2 aromatic rings. The van der Waals surface area contributed by atoms with Gasteiger partial charge in [0.1, 0.15) is 5.82 Å². The van der Waals surface area contributed by atoms with Gasteiger partial charge in [0.15, 0.2) is 0 Å². The summed E-state index contributed by atoms with van der Waals surface area (Å²) in [6, 6.07) is 4.37. The molecule has 96 valence electrons. The van der Waals surface area contributed by atoms with Crippen molar-refractivity contribution < 1.29 is 0 Å². The number of aryl methyl sites for hydroxylation is 1. The minimum absolute atomic E-state index is 0.219. The highest BCUT2D eigenvalue weighted by Crippen LogP contribution is 2.26. The molecule has 2 N–H and O–H groups in total. The van der Waals surface area contributed by atoms with E-state index in [1.165, 1.54) is 4.88 Å². The molecule has 1 atom stereocenters. The van der Waals surface area contributed by atoms with Crippen LogP contribution >= 0.6 is 11.3 Å². The van der Waals surface area contributed by atoms with Crippen LogP contribution in [0.4, 0.5) is 11.9 Å². The lowest BCUT2D eigenvalue weighted by atomic mass is 10.2. The lowest BCUT2D eigenvalue weighted by molar-refractivity contribution is 0.717. The molecular formula is C12H17N5S. The fourth-order valence-electron chi connectivity index (χ4n) is 1.63. The maximum Gasteiger partial charge on any atom is 0.230 e. The molecule has 5 nitrogen and oxygen atoms in total. The van der Waals surface area contributed by atoms with E-state index in [1.54, 1.807) is 11.3 Å². The summed E-state index contributed by atoms with van der Waals surface area (Å²) >= 11 is 1.72. The molecule has 2 heterocycles. The smallest absolute Gasteiger partial charge is 0.230 e. The quantitative estimate of drug-likeness (QED) is 0.916. The molecule has 0 aliphatic carbocycles. The SMILES string of the molecule is CCc1nc(N)nc(N(C)C(C)c2cccs2)n1. The Morgan fingerprint density at radius 1 is 1.39 bits per heavy atom. The third kappa shape index (κ3) is 2.59. The van der Waals surface area contributed by atoms with Gasteiger partial charge >= 0.3 is 0 Å². The van der Waals surface area contributed by atoms with E-state index in [0.29, 0.717) is 5.95 Å². The van der Waals surface area contributed by atoms with E-state index >= 15 is 0 Å². The second kappa shape index (κ2) is 5.30. The Kier molecular flexibility index (Phi) is 3.76. The summed E-state index contributed by atoms with van der Waals surface area (Å²) in [6.07, 6.45) is 0.751.